The molecule has 17 heavy (non-hydrogen) atoms. The van der Waals surface area contributed by atoms with Crippen molar-refractivity contribution in [3.8, 4) is 0 Å². The van der Waals surface area contributed by atoms with Gasteiger partial charge in [0.15, 0.2) is 0 Å². The molecule has 0 aliphatic heterocycles. The van der Waals surface area contributed by atoms with Gasteiger partial charge in [-0.1, -0.05) is 11.6 Å². The standard InChI is InChI=1S/C10H11ClF2N2O2/c1-17-8(16)3-5-2-7(10(12)13)15-9(11)6(5)4-14/h2,10H,3-4,14H2,1H3. The lowest BCUT2D eigenvalue weighted by atomic mass is 10.1. The molecule has 7 heteroatoms. The molecule has 0 bridgehead atoms. The summed E-state index contributed by atoms with van der Waals surface area (Å²) in [7, 11) is 1.21. The predicted octanol–water partition coefficient (Wildman–Crippen LogP) is 1.85. The molecule has 0 unspecified atom stereocenters. The second-order valence-corrected chi connectivity index (χ2v) is 3.59. The highest BCUT2D eigenvalue weighted by Gasteiger charge is 2.17. The largest absolute Gasteiger partial charge is 0.469 e. The Morgan fingerprint density at radius 2 is 2.29 bits per heavy atom. The minimum absolute atomic E-state index is 0.0156. The Bertz CT molecular complexity index is 427. The number of rotatable bonds is 4. The van der Waals surface area contributed by atoms with Crippen molar-refractivity contribution in [1.82, 2.24) is 4.98 Å². The van der Waals surface area contributed by atoms with Crippen molar-refractivity contribution in [1.29, 1.82) is 0 Å². The average molecular weight is 265 g/mol. The molecular formula is C10H11ClF2N2O2. The molecule has 1 aromatic rings. The first-order valence-corrected chi connectivity index (χ1v) is 5.10. The predicted molar refractivity (Wildman–Crippen MR) is 57.8 cm³/mol. The zero-order valence-electron chi connectivity index (χ0n) is 9.04. The maximum absolute atomic E-state index is 12.5. The Labute approximate surface area is 102 Å². The molecule has 4 nitrogen and oxygen atoms in total. The molecule has 0 aromatic carbocycles. The Balaban J connectivity index is 3.19. The van der Waals surface area contributed by atoms with E-state index >= 15 is 0 Å². The minimum atomic E-state index is -2.75. The highest BCUT2D eigenvalue weighted by molar-refractivity contribution is 6.30. The van der Waals surface area contributed by atoms with Crippen molar-refractivity contribution in [3.05, 3.63) is 28.0 Å². The SMILES string of the molecule is COC(=O)Cc1cc(C(F)F)nc(Cl)c1CN. The van der Waals surface area contributed by atoms with Crippen molar-refractivity contribution in [2.24, 2.45) is 5.73 Å². The number of carbonyl (C=O) groups excluding carboxylic acids is 1. The number of hydrogen-bond acceptors (Lipinski definition) is 4. The number of esters is 1. The van der Waals surface area contributed by atoms with Crippen LogP contribution in [0.3, 0.4) is 0 Å². The Morgan fingerprint density at radius 1 is 1.65 bits per heavy atom. The molecule has 2 N–H and O–H groups in total. The van der Waals surface area contributed by atoms with Crippen molar-refractivity contribution in [2.45, 2.75) is 19.4 Å². The zero-order valence-corrected chi connectivity index (χ0v) is 9.80. The van der Waals surface area contributed by atoms with Gasteiger partial charge in [-0.15, -0.1) is 0 Å². The van der Waals surface area contributed by atoms with E-state index < -0.39 is 18.1 Å². The van der Waals surface area contributed by atoms with Crippen LogP contribution in [0.2, 0.25) is 5.15 Å². The molecule has 0 saturated carbocycles. The van der Waals surface area contributed by atoms with E-state index in [9.17, 15) is 13.6 Å². The van der Waals surface area contributed by atoms with Gasteiger partial charge in [0.05, 0.1) is 13.5 Å². The first-order valence-electron chi connectivity index (χ1n) is 4.72. The van der Waals surface area contributed by atoms with Crippen LogP contribution in [0.5, 0.6) is 0 Å². The fraction of sp³-hybridized carbons (Fsp3) is 0.400. The third-order valence-electron chi connectivity index (χ3n) is 2.18. The molecule has 0 spiro atoms. The summed E-state index contributed by atoms with van der Waals surface area (Å²) in [6.07, 6.45) is -2.92. The van der Waals surface area contributed by atoms with E-state index in [0.29, 0.717) is 11.1 Å². The lowest BCUT2D eigenvalue weighted by Crippen LogP contribution is -2.11. The topological polar surface area (TPSA) is 65.2 Å². The number of halogens is 3. The van der Waals surface area contributed by atoms with E-state index in [-0.39, 0.29) is 18.1 Å². The molecule has 0 atom stereocenters. The first kappa shape index (κ1) is 13.8. The third-order valence-corrected chi connectivity index (χ3v) is 2.49. The number of ether oxygens (including phenoxy) is 1. The molecule has 0 saturated heterocycles. The fourth-order valence-corrected chi connectivity index (χ4v) is 1.62. The lowest BCUT2D eigenvalue weighted by Gasteiger charge is -2.10. The quantitative estimate of drug-likeness (QED) is 0.666. The van der Waals surface area contributed by atoms with Crippen LogP contribution in [0.4, 0.5) is 8.78 Å². The first-order chi connectivity index (χ1) is 7.99. The number of pyridine rings is 1. The highest BCUT2D eigenvalue weighted by Crippen LogP contribution is 2.25. The second kappa shape index (κ2) is 5.88. The Morgan fingerprint density at radius 3 is 2.76 bits per heavy atom. The van der Waals surface area contributed by atoms with Crippen molar-refractivity contribution < 1.29 is 18.3 Å². The molecule has 0 fully saturated rings. The molecule has 0 aliphatic carbocycles. The van der Waals surface area contributed by atoms with E-state index in [4.69, 9.17) is 17.3 Å². The lowest BCUT2D eigenvalue weighted by molar-refractivity contribution is -0.139. The van der Waals surface area contributed by atoms with Gasteiger partial charge >= 0.3 is 5.97 Å². The van der Waals surface area contributed by atoms with Crippen LogP contribution in [-0.4, -0.2) is 18.1 Å². The van der Waals surface area contributed by atoms with Crippen LogP contribution in [0.1, 0.15) is 23.2 Å². The van der Waals surface area contributed by atoms with E-state index in [1.54, 1.807) is 0 Å². The maximum atomic E-state index is 12.5. The van der Waals surface area contributed by atoms with E-state index in [2.05, 4.69) is 9.72 Å². The van der Waals surface area contributed by atoms with Crippen LogP contribution in [-0.2, 0) is 22.5 Å². The molecule has 1 aromatic heterocycles. The van der Waals surface area contributed by atoms with Gasteiger partial charge in [0.1, 0.15) is 10.8 Å². The third kappa shape index (κ3) is 3.34. The molecule has 1 heterocycles. The molecule has 94 valence electrons. The summed E-state index contributed by atoms with van der Waals surface area (Å²) in [6.45, 7) is 0.0156. The molecular weight excluding hydrogens is 254 g/mol. The van der Waals surface area contributed by atoms with Crippen molar-refractivity contribution in [2.75, 3.05) is 7.11 Å². The van der Waals surface area contributed by atoms with Crippen molar-refractivity contribution in [3.63, 3.8) is 0 Å². The molecule has 0 amide bonds. The number of aromatic nitrogens is 1. The number of alkyl halides is 2. The van der Waals surface area contributed by atoms with Crippen LogP contribution in [0.15, 0.2) is 6.07 Å². The van der Waals surface area contributed by atoms with Crippen LogP contribution < -0.4 is 5.73 Å². The molecule has 0 radical (unpaired) electrons. The van der Waals surface area contributed by atoms with Gasteiger partial charge in [-0.05, 0) is 11.6 Å². The minimum Gasteiger partial charge on any atom is -0.469 e. The number of methoxy groups -OCH3 is 1. The van der Waals surface area contributed by atoms with Gasteiger partial charge in [-0.3, -0.25) is 4.79 Å². The van der Waals surface area contributed by atoms with Gasteiger partial charge < -0.3 is 10.5 Å². The summed E-state index contributed by atoms with van der Waals surface area (Å²) in [5, 5.41) is -0.107. The number of hydrogen-bond donors (Lipinski definition) is 1. The van der Waals surface area contributed by atoms with Gasteiger partial charge in [-0.2, -0.15) is 0 Å². The fourth-order valence-electron chi connectivity index (χ4n) is 1.32. The summed E-state index contributed by atoms with van der Waals surface area (Å²) in [5.74, 6) is -0.554. The van der Waals surface area contributed by atoms with Crippen molar-refractivity contribution >= 4 is 17.6 Å². The van der Waals surface area contributed by atoms with Gasteiger partial charge in [0.25, 0.3) is 6.43 Å². The zero-order chi connectivity index (χ0) is 13.0. The average Bonchev–Trinajstić information content (AvgIpc) is 2.28. The summed E-state index contributed by atoms with van der Waals surface area (Å²) in [4.78, 5) is 14.6. The normalized spacial score (nSPS) is 10.7. The van der Waals surface area contributed by atoms with E-state index in [1.807, 2.05) is 0 Å². The van der Waals surface area contributed by atoms with Crippen LogP contribution in [0.25, 0.3) is 0 Å². The smallest absolute Gasteiger partial charge is 0.309 e. The molecule has 0 aliphatic rings. The van der Waals surface area contributed by atoms with E-state index in [0.717, 1.165) is 6.07 Å². The number of carbonyl (C=O) groups is 1. The summed E-state index contributed by atoms with van der Waals surface area (Å²) in [6, 6.07) is 1.12. The maximum Gasteiger partial charge on any atom is 0.309 e. The van der Waals surface area contributed by atoms with Crippen LogP contribution in [0, 0.1) is 0 Å². The summed E-state index contributed by atoms with van der Waals surface area (Å²) >= 11 is 5.73. The van der Waals surface area contributed by atoms with Gasteiger partial charge in [0.2, 0.25) is 0 Å². The summed E-state index contributed by atoms with van der Waals surface area (Å²) in [5.41, 5.74) is 5.64. The number of nitrogens with two attached hydrogens (primary N) is 1. The van der Waals surface area contributed by atoms with Crippen LogP contribution >= 0.6 is 11.6 Å². The highest BCUT2D eigenvalue weighted by atomic mass is 35.5. The number of nitrogens with zero attached hydrogens (tertiary/aromatic N) is 1. The Kier molecular flexibility index (Phi) is 4.77. The van der Waals surface area contributed by atoms with E-state index in [1.165, 1.54) is 7.11 Å². The van der Waals surface area contributed by atoms with Gasteiger partial charge in [0, 0.05) is 12.1 Å². The second-order valence-electron chi connectivity index (χ2n) is 3.23. The monoisotopic (exact) mass is 264 g/mol. The Hall–Kier alpha value is -1.27. The summed E-state index contributed by atoms with van der Waals surface area (Å²) < 4.78 is 29.5. The van der Waals surface area contributed by atoms with Gasteiger partial charge in [-0.25, -0.2) is 13.8 Å². The molecule has 1 rings (SSSR count).